The van der Waals surface area contributed by atoms with Gasteiger partial charge in [0, 0.05) is 19.6 Å². The van der Waals surface area contributed by atoms with E-state index in [1.165, 1.54) is 25.9 Å². The number of carbonyl (C=O) groups is 1. The van der Waals surface area contributed by atoms with Crippen LogP contribution in [-0.2, 0) is 11.2 Å². The van der Waals surface area contributed by atoms with Crippen molar-refractivity contribution in [3.05, 3.63) is 35.9 Å². The summed E-state index contributed by atoms with van der Waals surface area (Å²) in [6.07, 6.45) is 3.10. The van der Waals surface area contributed by atoms with E-state index in [1.807, 2.05) is 42.3 Å². The van der Waals surface area contributed by atoms with Crippen LogP contribution in [0.15, 0.2) is 30.3 Å². The van der Waals surface area contributed by atoms with Crippen LogP contribution < -0.4 is 0 Å². The van der Waals surface area contributed by atoms with Crippen molar-refractivity contribution in [2.45, 2.75) is 39.2 Å². The summed E-state index contributed by atoms with van der Waals surface area (Å²) < 4.78 is 0. The van der Waals surface area contributed by atoms with Crippen molar-refractivity contribution < 1.29 is 4.79 Å². The van der Waals surface area contributed by atoms with Crippen LogP contribution in [0, 0.1) is 5.92 Å². The summed E-state index contributed by atoms with van der Waals surface area (Å²) in [6, 6.07) is 10.3. The molecule has 0 radical (unpaired) electrons. The average Bonchev–Trinajstić information content (AvgIpc) is 2.98. The molecular weight excluding hydrogens is 260 g/mol. The van der Waals surface area contributed by atoms with E-state index >= 15 is 0 Å². The van der Waals surface area contributed by atoms with Crippen LogP contribution in [0.1, 0.15) is 32.3 Å². The Morgan fingerprint density at radius 1 is 1.19 bits per heavy atom. The topological polar surface area (TPSA) is 23.6 Å². The monoisotopic (exact) mass is 288 g/mol. The molecule has 3 nitrogen and oxygen atoms in total. The second-order valence-electron chi connectivity index (χ2n) is 6.49. The van der Waals surface area contributed by atoms with Gasteiger partial charge in [-0.05, 0) is 37.4 Å². The maximum atomic E-state index is 12.5. The molecule has 1 aromatic rings. The third-order valence-electron chi connectivity index (χ3n) is 4.50. The van der Waals surface area contributed by atoms with Gasteiger partial charge in [-0.25, -0.2) is 0 Å². The van der Waals surface area contributed by atoms with E-state index in [0.717, 1.165) is 12.1 Å². The second kappa shape index (κ2) is 7.60. The van der Waals surface area contributed by atoms with Crippen LogP contribution in [0.4, 0.5) is 0 Å². The van der Waals surface area contributed by atoms with Crippen molar-refractivity contribution in [3.8, 4) is 0 Å². The highest BCUT2D eigenvalue weighted by atomic mass is 16.2. The number of likely N-dealkylation sites (tertiary alicyclic amines) is 1. The van der Waals surface area contributed by atoms with Crippen LogP contribution in [0.5, 0.6) is 0 Å². The summed E-state index contributed by atoms with van der Waals surface area (Å²) in [4.78, 5) is 17.0. The number of carbonyl (C=O) groups excluding carboxylic acids is 1. The lowest BCUT2D eigenvalue weighted by atomic mass is 10.0. The second-order valence-corrected chi connectivity index (χ2v) is 6.49. The molecule has 0 bridgehead atoms. The molecule has 1 aliphatic rings. The summed E-state index contributed by atoms with van der Waals surface area (Å²) in [6.45, 7) is 7.81. The van der Waals surface area contributed by atoms with E-state index in [2.05, 4.69) is 18.7 Å². The normalized spacial score (nSPS) is 17.1. The lowest BCUT2D eigenvalue weighted by Crippen LogP contribution is -2.47. The molecule has 0 spiro atoms. The predicted molar refractivity (Wildman–Crippen MR) is 87.2 cm³/mol. The third-order valence-corrected chi connectivity index (χ3v) is 4.50. The van der Waals surface area contributed by atoms with Crippen LogP contribution in [0.2, 0.25) is 0 Å². The maximum absolute atomic E-state index is 12.5. The molecule has 1 fully saturated rings. The number of rotatable bonds is 6. The van der Waals surface area contributed by atoms with E-state index in [-0.39, 0.29) is 5.91 Å². The Hall–Kier alpha value is -1.35. The molecule has 1 aliphatic heterocycles. The first-order valence-electron chi connectivity index (χ1n) is 8.10. The van der Waals surface area contributed by atoms with Crippen molar-refractivity contribution >= 4 is 5.91 Å². The Morgan fingerprint density at radius 3 is 2.38 bits per heavy atom. The first kappa shape index (κ1) is 16.0. The molecule has 3 heteroatoms. The van der Waals surface area contributed by atoms with Crippen molar-refractivity contribution in [1.82, 2.24) is 9.80 Å². The minimum absolute atomic E-state index is 0.221. The quantitative estimate of drug-likeness (QED) is 0.803. The van der Waals surface area contributed by atoms with Crippen LogP contribution >= 0.6 is 0 Å². The molecule has 1 aromatic carbocycles. The lowest BCUT2D eigenvalue weighted by molar-refractivity contribution is -0.132. The van der Waals surface area contributed by atoms with Crippen LogP contribution in [0.3, 0.4) is 0 Å². The zero-order chi connectivity index (χ0) is 15.2. The molecule has 1 amide bonds. The highest BCUT2D eigenvalue weighted by Crippen LogP contribution is 2.16. The average molecular weight is 288 g/mol. The van der Waals surface area contributed by atoms with Crippen molar-refractivity contribution in [2.75, 3.05) is 26.7 Å². The van der Waals surface area contributed by atoms with E-state index < -0.39 is 0 Å². The smallest absolute Gasteiger partial charge is 0.227 e. The highest BCUT2D eigenvalue weighted by molar-refractivity contribution is 5.78. The van der Waals surface area contributed by atoms with Gasteiger partial charge in [-0.2, -0.15) is 0 Å². The minimum atomic E-state index is 0.221. The molecule has 116 valence electrons. The first-order chi connectivity index (χ1) is 10.1. The van der Waals surface area contributed by atoms with Crippen molar-refractivity contribution in [3.63, 3.8) is 0 Å². The summed E-state index contributed by atoms with van der Waals surface area (Å²) in [5.74, 6) is 0.703. The molecular formula is C18H28N2O. The van der Waals surface area contributed by atoms with Gasteiger partial charge in [0.2, 0.25) is 5.91 Å². The Kier molecular flexibility index (Phi) is 5.80. The lowest BCUT2D eigenvalue weighted by Gasteiger charge is -2.34. The molecule has 21 heavy (non-hydrogen) atoms. The fourth-order valence-electron chi connectivity index (χ4n) is 3.09. The van der Waals surface area contributed by atoms with E-state index in [1.54, 1.807) is 0 Å². The third kappa shape index (κ3) is 4.57. The van der Waals surface area contributed by atoms with Crippen molar-refractivity contribution in [1.29, 1.82) is 0 Å². The van der Waals surface area contributed by atoms with Gasteiger partial charge in [-0.15, -0.1) is 0 Å². The fraction of sp³-hybridized carbons (Fsp3) is 0.611. The zero-order valence-electron chi connectivity index (χ0n) is 13.6. The molecule has 0 unspecified atom stereocenters. The molecule has 0 N–H and O–H groups in total. The number of nitrogens with zero attached hydrogens (tertiary/aromatic N) is 2. The summed E-state index contributed by atoms with van der Waals surface area (Å²) in [7, 11) is 1.96. The molecule has 1 atom stereocenters. The Labute approximate surface area is 128 Å². The highest BCUT2D eigenvalue weighted by Gasteiger charge is 2.26. The number of amides is 1. The Morgan fingerprint density at radius 2 is 1.81 bits per heavy atom. The summed E-state index contributed by atoms with van der Waals surface area (Å²) in [5.41, 5.74) is 1.10. The standard InChI is InChI=1S/C18H28N2O/c1-15(2)17(14-20-11-7-8-12-20)19(3)18(21)13-16-9-5-4-6-10-16/h4-6,9-10,15,17H,7-8,11-14H2,1-3H3/t17-/m1/s1. The molecule has 0 saturated carbocycles. The molecule has 1 saturated heterocycles. The first-order valence-corrected chi connectivity index (χ1v) is 8.10. The largest absolute Gasteiger partial charge is 0.341 e. The van der Waals surface area contributed by atoms with Gasteiger partial charge in [0.1, 0.15) is 0 Å². The number of likely N-dealkylation sites (N-methyl/N-ethyl adjacent to an activating group) is 1. The van der Waals surface area contributed by atoms with E-state index in [4.69, 9.17) is 0 Å². The maximum Gasteiger partial charge on any atom is 0.227 e. The Bertz CT molecular complexity index is 438. The van der Waals surface area contributed by atoms with Gasteiger partial charge in [0.15, 0.2) is 0 Å². The van der Waals surface area contributed by atoms with Gasteiger partial charge in [0.05, 0.1) is 6.42 Å². The van der Waals surface area contributed by atoms with Gasteiger partial charge < -0.3 is 9.80 Å². The molecule has 0 aromatic heterocycles. The SMILES string of the molecule is CC(C)[C@@H](CN1CCCC1)N(C)C(=O)Cc1ccccc1. The van der Waals surface area contributed by atoms with Crippen LogP contribution in [-0.4, -0.2) is 48.4 Å². The fourth-order valence-corrected chi connectivity index (χ4v) is 3.09. The number of hydrogen-bond acceptors (Lipinski definition) is 2. The summed E-state index contributed by atoms with van der Waals surface area (Å²) >= 11 is 0. The van der Waals surface area contributed by atoms with Gasteiger partial charge in [-0.1, -0.05) is 44.2 Å². The van der Waals surface area contributed by atoms with E-state index in [9.17, 15) is 4.79 Å². The van der Waals surface area contributed by atoms with Crippen molar-refractivity contribution in [2.24, 2.45) is 5.92 Å². The van der Waals surface area contributed by atoms with Crippen LogP contribution in [0.25, 0.3) is 0 Å². The van der Waals surface area contributed by atoms with Gasteiger partial charge in [-0.3, -0.25) is 4.79 Å². The van der Waals surface area contributed by atoms with Gasteiger partial charge in [0.25, 0.3) is 0 Å². The zero-order valence-corrected chi connectivity index (χ0v) is 13.6. The van der Waals surface area contributed by atoms with E-state index in [0.29, 0.717) is 18.4 Å². The number of hydrogen-bond donors (Lipinski definition) is 0. The minimum Gasteiger partial charge on any atom is -0.341 e. The molecule has 1 heterocycles. The Balaban J connectivity index is 1.96. The molecule has 0 aliphatic carbocycles. The van der Waals surface area contributed by atoms with Gasteiger partial charge >= 0.3 is 0 Å². The predicted octanol–water partition coefficient (Wildman–Crippen LogP) is 2.81. The summed E-state index contributed by atoms with van der Waals surface area (Å²) in [5, 5.41) is 0. The molecule has 2 rings (SSSR count). The number of benzene rings is 1.